The molecule has 0 amide bonds. The van der Waals surface area contributed by atoms with Gasteiger partial charge in [-0.25, -0.2) is 0 Å². The van der Waals surface area contributed by atoms with Crippen LogP contribution in [0.25, 0.3) is 12.2 Å². The summed E-state index contributed by atoms with van der Waals surface area (Å²) in [5.74, 6) is 0. The average Bonchev–Trinajstić information content (AvgIpc) is 2.89. The molecule has 3 rings (SSSR count). The van der Waals surface area contributed by atoms with Gasteiger partial charge in [-0.15, -0.1) is 0 Å². The molecule has 0 unspecified atom stereocenters. The first-order valence-electron chi connectivity index (χ1n) is 9.94. The monoisotopic (exact) mass is 376 g/mol. The van der Waals surface area contributed by atoms with E-state index in [0.717, 1.165) is 43.7 Å². The lowest BCUT2D eigenvalue weighted by Gasteiger charge is -2.23. The molecule has 28 heavy (non-hydrogen) atoms. The number of nitrogens with zero attached hydrogens (tertiary/aromatic N) is 2. The first-order valence-corrected chi connectivity index (χ1v) is 9.94. The second-order valence-corrected chi connectivity index (χ2v) is 6.92. The predicted molar refractivity (Wildman–Crippen MR) is 119 cm³/mol. The topological polar surface area (TPSA) is 60.5 Å². The molecule has 0 saturated heterocycles. The lowest BCUT2D eigenvalue weighted by Crippen LogP contribution is -2.26. The molecule has 146 valence electrons. The van der Waals surface area contributed by atoms with E-state index < -0.39 is 0 Å². The van der Waals surface area contributed by atoms with Crippen LogP contribution in [0.2, 0.25) is 0 Å². The van der Waals surface area contributed by atoms with Gasteiger partial charge in [0.25, 0.3) is 0 Å². The summed E-state index contributed by atoms with van der Waals surface area (Å²) in [6, 6.07) is 11.9. The Morgan fingerprint density at radius 2 is 1.89 bits per heavy atom. The van der Waals surface area contributed by atoms with Gasteiger partial charge in [0.05, 0.1) is 11.9 Å². The fraction of sp³-hybridized carbons (Fsp3) is 0.304. The molecule has 1 heterocycles. The van der Waals surface area contributed by atoms with Crippen LogP contribution in [0.1, 0.15) is 49.9 Å². The fourth-order valence-corrected chi connectivity index (χ4v) is 3.33. The Morgan fingerprint density at radius 3 is 2.64 bits per heavy atom. The fourth-order valence-electron chi connectivity index (χ4n) is 3.33. The predicted octanol–water partition coefficient (Wildman–Crippen LogP) is 4.38. The second kappa shape index (κ2) is 9.74. The minimum Gasteiger partial charge on any atom is -0.371 e. The molecule has 0 spiro atoms. The van der Waals surface area contributed by atoms with Crippen molar-refractivity contribution in [1.29, 1.82) is 0 Å². The van der Waals surface area contributed by atoms with Crippen molar-refractivity contribution >= 4 is 24.1 Å². The molecular formula is C23H28N4O. The Balaban J connectivity index is 1.75. The maximum absolute atomic E-state index is 12.1. The molecule has 0 atom stereocenters. The van der Waals surface area contributed by atoms with Crippen LogP contribution >= 0.6 is 0 Å². The largest absolute Gasteiger partial charge is 0.371 e. The van der Waals surface area contributed by atoms with Gasteiger partial charge in [-0.2, -0.15) is 5.10 Å². The zero-order chi connectivity index (χ0) is 19.8. The molecule has 0 radical (unpaired) electrons. The summed E-state index contributed by atoms with van der Waals surface area (Å²) in [5, 5.41) is 4.35. The molecule has 2 aromatic rings. The van der Waals surface area contributed by atoms with Gasteiger partial charge in [-0.1, -0.05) is 50.3 Å². The van der Waals surface area contributed by atoms with Crippen molar-refractivity contribution in [1.82, 2.24) is 10.4 Å². The lowest BCUT2D eigenvalue weighted by atomic mass is 10.1. The van der Waals surface area contributed by atoms with Crippen molar-refractivity contribution in [3.8, 4) is 0 Å². The van der Waals surface area contributed by atoms with Crippen LogP contribution < -0.4 is 15.9 Å². The van der Waals surface area contributed by atoms with Gasteiger partial charge in [0.15, 0.2) is 0 Å². The van der Waals surface area contributed by atoms with Gasteiger partial charge in [-0.05, 0) is 36.1 Å². The van der Waals surface area contributed by atoms with Crippen molar-refractivity contribution in [3.63, 3.8) is 0 Å². The highest BCUT2D eigenvalue weighted by molar-refractivity contribution is 5.78. The van der Waals surface area contributed by atoms with Gasteiger partial charge in [0.2, 0.25) is 5.56 Å². The number of nitrogens with one attached hydrogen (secondary N) is 2. The summed E-state index contributed by atoms with van der Waals surface area (Å²) in [5.41, 5.74) is 8.02. The van der Waals surface area contributed by atoms with E-state index in [-0.39, 0.29) is 5.56 Å². The van der Waals surface area contributed by atoms with Crippen LogP contribution in [0.3, 0.4) is 0 Å². The third kappa shape index (κ3) is 5.22. The van der Waals surface area contributed by atoms with Crippen LogP contribution in [0, 0.1) is 0 Å². The number of hydrazone groups is 1. The van der Waals surface area contributed by atoms with E-state index in [2.05, 4.69) is 64.6 Å². The molecule has 1 aromatic carbocycles. The summed E-state index contributed by atoms with van der Waals surface area (Å²) in [6.07, 6.45) is 10.9. The number of anilines is 1. The van der Waals surface area contributed by atoms with E-state index in [4.69, 9.17) is 0 Å². The molecule has 2 N–H and O–H groups in total. The van der Waals surface area contributed by atoms with E-state index in [1.807, 2.05) is 18.2 Å². The number of aromatic amines is 1. The quantitative estimate of drug-likeness (QED) is 0.531. The molecule has 1 aromatic heterocycles. The molecule has 0 aliphatic heterocycles. The first kappa shape index (κ1) is 19.7. The van der Waals surface area contributed by atoms with Crippen LogP contribution in [0.15, 0.2) is 58.1 Å². The normalized spacial score (nSPS) is 13.1. The Bertz CT molecular complexity index is 934. The minimum atomic E-state index is -0.110. The van der Waals surface area contributed by atoms with Gasteiger partial charge in [0.1, 0.15) is 0 Å². The van der Waals surface area contributed by atoms with Crippen LogP contribution in [-0.4, -0.2) is 24.3 Å². The van der Waals surface area contributed by atoms with Crippen molar-refractivity contribution < 1.29 is 0 Å². The number of H-pyrrole nitrogens is 1. The van der Waals surface area contributed by atoms with E-state index in [1.54, 1.807) is 12.3 Å². The molecular weight excluding hydrogens is 348 g/mol. The summed E-state index contributed by atoms with van der Waals surface area (Å²) >= 11 is 0. The number of rotatable bonds is 8. The van der Waals surface area contributed by atoms with Crippen LogP contribution in [0.5, 0.6) is 0 Å². The number of aromatic nitrogens is 1. The maximum Gasteiger partial charge on any atom is 0.250 e. The Hall–Kier alpha value is -3.08. The second-order valence-electron chi connectivity index (χ2n) is 6.92. The average molecular weight is 377 g/mol. The Kier molecular flexibility index (Phi) is 6.84. The van der Waals surface area contributed by atoms with E-state index in [9.17, 15) is 4.79 Å². The number of hydrogen-bond acceptors (Lipinski definition) is 4. The van der Waals surface area contributed by atoms with Crippen molar-refractivity contribution in [2.45, 2.75) is 33.1 Å². The minimum absolute atomic E-state index is 0.110. The highest BCUT2D eigenvalue weighted by atomic mass is 16.1. The number of pyridine rings is 1. The third-order valence-electron chi connectivity index (χ3n) is 4.57. The van der Waals surface area contributed by atoms with Gasteiger partial charge in [0, 0.05) is 37.0 Å². The van der Waals surface area contributed by atoms with Crippen molar-refractivity contribution in [2.24, 2.45) is 5.10 Å². The van der Waals surface area contributed by atoms with Gasteiger partial charge >= 0.3 is 0 Å². The van der Waals surface area contributed by atoms with Gasteiger partial charge < -0.3 is 9.88 Å². The molecule has 0 fully saturated rings. The van der Waals surface area contributed by atoms with E-state index in [1.165, 1.54) is 11.1 Å². The highest BCUT2D eigenvalue weighted by Crippen LogP contribution is 2.19. The summed E-state index contributed by atoms with van der Waals surface area (Å²) in [6.45, 7) is 6.17. The Morgan fingerprint density at radius 1 is 1.14 bits per heavy atom. The maximum atomic E-state index is 12.1. The molecule has 1 aliphatic rings. The number of fused-ring (bicyclic) bond motifs is 1. The summed E-state index contributed by atoms with van der Waals surface area (Å²) in [4.78, 5) is 17.2. The van der Waals surface area contributed by atoms with E-state index in [0.29, 0.717) is 5.69 Å². The summed E-state index contributed by atoms with van der Waals surface area (Å²) in [7, 11) is 0. The first-order chi connectivity index (χ1) is 13.7. The SMILES string of the molecule is CCCN(CCC)c1cc(/C=N/NC2=Cc3ccccc3C=CC2)[nH]c(=O)c1. The molecule has 5 nitrogen and oxygen atoms in total. The summed E-state index contributed by atoms with van der Waals surface area (Å²) < 4.78 is 0. The number of allylic oxidation sites excluding steroid dienone is 1. The van der Waals surface area contributed by atoms with Crippen molar-refractivity contribution in [3.05, 3.63) is 75.3 Å². The number of hydrogen-bond donors (Lipinski definition) is 2. The standard InChI is InChI=1S/C23H28N4O/c1-3-12-27(13-4-2)22-15-21(25-23(28)16-22)17-24-26-20-11-7-10-18-8-5-6-9-19(18)14-20/h5-10,14-17,26H,3-4,11-13H2,1-2H3,(H,25,28)/b24-17+. The van der Waals surface area contributed by atoms with E-state index >= 15 is 0 Å². The molecule has 0 saturated carbocycles. The molecule has 0 bridgehead atoms. The number of benzene rings is 1. The third-order valence-corrected chi connectivity index (χ3v) is 4.57. The van der Waals surface area contributed by atoms with Crippen LogP contribution in [-0.2, 0) is 0 Å². The molecule has 1 aliphatic carbocycles. The Labute approximate surface area is 166 Å². The highest BCUT2D eigenvalue weighted by Gasteiger charge is 2.07. The van der Waals surface area contributed by atoms with Crippen LogP contribution in [0.4, 0.5) is 5.69 Å². The lowest BCUT2D eigenvalue weighted by molar-refractivity contribution is 0.743. The van der Waals surface area contributed by atoms with Gasteiger partial charge in [-0.3, -0.25) is 10.2 Å². The smallest absolute Gasteiger partial charge is 0.250 e. The zero-order valence-electron chi connectivity index (χ0n) is 16.6. The zero-order valence-corrected chi connectivity index (χ0v) is 16.6. The molecule has 5 heteroatoms. The van der Waals surface area contributed by atoms with Crippen molar-refractivity contribution in [2.75, 3.05) is 18.0 Å².